The molecule has 3 N–H and O–H groups in total. The lowest BCUT2D eigenvalue weighted by Gasteiger charge is -2.51. The van der Waals surface area contributed by atoms with E-state index in [1.54, 1.807) is 39.0 Å². The van der Waals surface area contributed by atoms with Crippen LogP contribution in [0.4, 0.5) is 9.93 Å². The van der Waals surface area contributed by atoms with E-state index >= 15 is 0 Å². The summed E-state index contributed by atoms with van der Waals surface area (Å²) >= 11 is 8.25. The number of alkyl carbamates (subject to hydrolysis) is 1. The predicted molar refractivity (Wildman–Crippen MR) is 233 cm³/mol. The Balaban J connectivity index is 1.22. The maximum Gasteiger partial charge on any atom is 0.408 e. The van der Waals surface area contributed by atoms with Gasteiger partial charge in [0.05, 0.1) is 37.0 Å². The van der Waals surface area contributed by atoms with Gasteiger partial charge in [-0.1, -0.05) is 38.4 Å². The quantitative estimate of drug-likeness (QED) is 0.119. The molecule has 4 amide bonds. The van der Waals surface area contributed by atoms with E-state index in [0.717, 1.165) is 25.7 Å². The minimum absolute atomic E-state index is 0.0566. The van der Waals surface area contributed by atoms with Crippen LogP contribution in [0.15, 0.2) is 36.2 Å². The lowest BCUT2D eigenvalue weighted by molar-refractivity contribution is -0.154. The number of nitrogens with zero attached hydrogens (tertiary/aromatic N) is 4. The van der Waals surface area contributed by atoms with Gasteiger partial charge < -0.3 is 35.1 Å². The minimum Gasteiger partial charge on any atom is -0.495 e. The van der Waals surface area contributed by atoms with Gasteiger partial charge in [0.25, 0.3) is 5.91 Å². The van der Waals surface area contributed by atoms with Crippen LogP contribution in [0.1, 0.15) is 86.5 Å². The number of amides is 4. The number of likely N-dealkylation sites (tertiary alicyclic amines) is 1. The van der Waals surface area contributed by atoms with E-state index in [2.05, 4.69) is 22.5 Å². The molecule has 0 bridgehead atoms. The smallest absolute Gasteiger partial charge is 0.408 e. The maximum absolute atomic E-state index is 14.8. The zero-order chi connectivity index (χ0) is 44.9. The maximum atomic E-state index is 14.8. The van der Waals surface area contributed by atoms with Crippen LogP contribution in [-0.4, -0.2) is 113 Å². The van der Waals surface area contributed by atoms with Crippen molar-refractivity contribution in [1.29, 1.82) is 0 Å². The number of anilines is 1. The number of ether oxygens (including phenoxy) is 3. The molecule has 62 heavy (non-hydrogen) atoms. The second kappa shape index (κ2) is 17.4. The highest BCUT2D eigenvalue weighted by atomic mass is 35.5. The number of nitrogens with one attached hydrogen (secondary N) is 3. The molecule has 2 aliphatic heterocycles. The molecule has 5 atom stereocenters. The monoisotopic (exact) mass is 915 g/mol. The van der Waals surface area contributed by atoms with Crippen molar-refractivity contribution < 1.29 is 46.0 Å². The molecular weight excluding hydrogens is 862 g/mol. The largest absolute Gasteiger partial charge is 0.495 e. The van der Waals surface area contributed by atoms with E-state index in [1.165, 1.54) is 36.3 Å². The second-order valence-corrected chi connectivity index (χ2v) is 20.5. The number of fused-ring (bicyclic) bond motifs is 1. The van der Waals surface area contributed by atoms with Crippen LogP contribution in [0.2, 0.25) is 5.02 Å². The van der Waals surface area contributed by atoms with E-state index in [9.17, 15) is 27.6 Å². The summed E-state index contributed by atoms with van der Waals surface area (Å²) in [6.07, 6.45) is 3.28. The van der Waals surface area contributed by atoms with Crippen molar-refractivity contribution in [1.82, 2.24) is 29.8 Å². The fourth-order valence-electron chi connectivity index (χ4n) is 8.05. The fourth-order valence-corrected chi connectivity index (χ4v) is 10.8. The second-order valence-electron chi connectivity index (χ2n) is 17.8. The van der Waals surface area contributed by atoms with Gasteiger partial charge in [-0.15, -0.1) is 17.9 Å². The van der Waals surface area contributed by atoms with Gasteiger partial charge in [0.2, 0.25) is 11.8 Å². The van der Waals surface area contributed by atoms with Gasteiger partial charge in [0, 0.05) is 29.3 Å². The Hall–Kier alpha value is -4.72. The van der Waals surface area contributed by atoms with Gasteiger partial charge in [-0.2, -0.15) is 8.42 Å². The number of carbonyl (C=O) groups excluding carboxylic acids is 4. The van der Waals surface area contributed by atoms with E-state index in [-0.39, 0.29) is 30.1 Å². The van der Waals surface area contributed by atoms with Gasteiger partial charge in [0.1, 0.15) is 52.0 Å². The van der Waals surface area contributed by atoms with Crippen molar-refractivity contribution >= 4 is 73.1 Å². The summed E-state index contributed by atoms with van der Waals surface area (Å²) in [5.74, 6) is -1.51. The molecule has 7 rings (SSSR count). The SMILES string of the molecule is C=CC1N(S(=O)(=O)OC2CC2)C(=O)[C@]1(C)NC(=O)[C@@H]1C[C@@H](Oc2cc(-c3csc(NC(C)C)n3)nc3c(Cl)c(OC)ccc23)CN1C(=O)[C@@H](NC(=O)OC1CCCC1)C(C)(C)C. The Kier molecular flexibility index (Phi) is 12.8. The number of benzene rings is 1. The third-order valence-corrected chi connectivity index (χ3v) is 14.0. The standard InChI is InChI=1S/C42H54ClN7O10S2/c1-9-32-42(7,38(53)50(32)62(55,56)60-24-14-15-24)48-36(51)29-18-25(20-49(29)37(52)35(41(4,5)6)47-40(54)59-23-12-10-11-13-23)58-31-19-27(28-21-61-39(46-28)44-22(2)3)45-34-26(31)16-17-30(57-8)33(34)43/h9,16-17,19,21-25,29,32,35H,1,10-15,18,20H2,2-8H3,(H,44,46)(H,47,54)(H,48,51)/t25-,29+,32?,35-,42-/m1/s1. The molecule has 4 aliphatic rings. The highest BCUT2D eigenvalue weighted by Gasteiger charge is 2.63. The van der Waals surface area contributed by atoms with Crippen LogP contribution in [0.25, 0.3) is 22.3 Å². The number of carbonyl (C=O) groups is 4. The number of methoxy groups -OCH3 is 1. The van der Waals surface area contributed by atoms with Crippen LogP contribution >= 0.6 is 22.9 Å². The first-order valence-electron chi connectivity index (χ1n) is 20.8. The molecule has 2 saturated heterocycles. The Morgan fingerprint density at radius 2 is 1.76 bits per heavy atom. The van der Waals surface area contributed by atoms with Gasteiger partial charge >= 0.3 is 16.4 Å². The third-order valence-electron chi connectivity index (χ3n) is 11.5. The number of β-lactam (4-membered cyclic amide) rings is 1. The summed E-state index contributed by atoms with van der Waals surface area (Å²) in [6.45, 7) is 14.4. The van der Waals surface area contributed by atoms with Crippen LogP contribution in [0.5, 0.6) is 11.5 Å². The molecule has 2 aliphatic carbocycles. The number of pyridine rings is 1. The summed E-state index contributed by atoms with van der Waals surface area (Å²) in [7, 11) is -2.98. The third kappa shape index (κ3) is 9.17. The number of thiazole rings is 1. The summed E-state index contributed by atoms with van der Waals surface area (Å²) in [6, 6.07) is 1.73. The average Bonchev–Trinajstić information content (AvgIpc) is 3.52. The fraction of sp³-hybridized carbons (Fsp3) is 0.571. The lowest BCUT2D eigenvalue weighted by atomic mass is 9.82. The number of hydrogen-bond donors (Lipinski definition) is 3. The first-order chi connectivity index (χ1) is 29.2. The van der Waals surface area contributed by atoms with Crippen molar-refractivity contribution in [2.45, 2.75) is 135 Å². The van der Waals surface area contributed by atoms with Gasteiger partial charge in [-0.3, -0.25) is 18.6 Å². The first kappa shape index (κ1) is 45.3. The Bertz CT molecular complexity index is 2360. The molecule has 4 fully saturated rings. The first-order valence-corrected chi connectivity index (χ1v) is 23.4. The molecular formula is C42H54ClN7O10S2. The summed E-state index contributed by atoms with van der Waals surface area (Å²) in [5.41, 5.74) is -1.22. The zero-order valence-electron chi connectivity index (χ0n) is 35.9. The lowest BCUT2D eigenvalue weighted by Crippen LogP contribution is -2.80. The molecule has 0 spiro atoms. The molecule has 336 valence electrons. The van der Waals surface area contributed by atoms with Crippen LogP contribution in [0, 0.1) is 5.41 Å². The Morgan fingerprint density at radius 3 is 2.39 bits per heavy atom. The number of hydrogen-bond acceptors (Lipinski definition) is 14. The summed E-state index contributed by atoms with van der Waals surface area (Å²) in [5, 5.41) is 12.1. The Morgan fingerprint density at radius 1 is 1.05 bits per heavy atom. The van der Waals surface area contributed by atoms with Gasteiger partial charge in [-0.05, 0) is 76.8 Å². The molecule has 1 aromatic carbocycles. The number of halogens is 1. The summed E-state index contributed by atoms with van der Waals surface area (Å²) in [4.78, 5) is 67.3. The molecule has 3 aromatic rings. The molecule has 1 unspecified atom stereocenters. The zero-order valence-corrected chi connectivity index (χ0v) is 38.2. The molecule has 2 saturated carbocycles. The van der Waals surface area contributed by atoms with Crippen LogP contribution in [0.3, 0.4) is 0 Å². The predicted octanol–water partition coefficient (Wildman–Crippen LogP) is 5.97. The minimum atomic E-state index is -4.47. The van der Waals surface area contributed by atoms with Gasteiger partial charge in [0.15, 0.2) is 5.13 Å². The summed E-state index contributed by atoms with van der Waals surface area (Å²) < 4.78 is 49.8. The van der Waals surface area contributed by atoms with Crippen LogP contribution < -0.4 is 25.4 Å². The highest BCUT2D eigenvalue weighted by molar-refractivity contribution is 7.85. The molecule has 17 nitrogen and oxygen atoms in total. The normalized spacial score (nSPS) is 23.6. The van der Waals surface area contributed by atoms with Gasteiger partial charge in [-0.25, -0.2) is 19.1 Å². The van der Waals surface area contributed by atoms with Crippen molar-refractivity contribution in [3.8, 4) is 22.9 Å². The molecule has 4 heterocycles. The molecule has 20 heteroatoms. The Labute approximate surface area is 370 Å². The number of rotatable bonds is 15. The average molecular weight is 917 g/mol. The highest BCUT2D eigenvalue weighted by Crippen LogP contribution is 2.41. The molecule has 0 radical (unpaired) electrons. The van der Waals surface area contributed by atoms with Crippen LogP contribution in [-0.2, 0) is 33.6 Å². The van der Waals surface area contributed by atoms with E-state index in [1.807, 2.05) is 19.2 Å². The van der Waals surface area contributed by atoms with Crippen molar-refractivity contribution in [3.05, 3.63) is 41.3 Å². The van der Waals surface area contributed by atoms with E-state index in [0.29, 0.717) is 56.1 Å². The van der Waals surface area contributed by atoms with E-state index < -0.39 is 75.4 Å². The number of aromatic nitrogens is 2. The van der Waals surface area contributed by atoms with Crippen molar-refractivity contribution in [3.63, 3.8) is 0 Å². The van der Waals surface area contributed by atoms with Crippen molar-refractivity contribution in [2.75, 3.05) is 19.0 Å². The molecule has 2 aromatic heterocycles. The van der Waals surface area contributed by atoms with Crippen molar-refractivity contribution in [2.24, 2.45) is 5.41 Å². The topological polar surface area (TPSA) is 208 Å². The van der Waals surface area contributed by atoms with E-state index in [4.69, 9.17) is 40.0 Å².